The molecule has 1 amide bonds. The van der Waals surface area contributed by atoms with Gasteiger partial charge in [-0.05, 0) is 12.8 Å². The summed E-state index contributed by atoms with van der Waals surface area (Å²) < 4.78 is 5.54. The van der Waals surface area contributed by atoms with E-state index >= 15 is 0 Å². The van der Waals surface area contributed by atoms with Crippen LogP contribution in [0.1, 0.15) is 24.5 Å². The first-order valence-corrected chi connectivity index (χ1v) is 4.68. The number of hydrogen-bond acceptors (Lipinski definition) is 3. The van der Waals surface area contributed by atoms with Gasteiger partial charge in [0.05, 0.1) is 18.2 Å². The van der Waals surface area contributed by atoms with Gasteiger partial charge in [0.15, 0.2) is 0 Å². The molecule has 0 unspecified atom stereocenters. The molecule has 1 aromatic heterocycles. The Labute approximate surface area is 81.6 Å². The fourth-order valence-electron chi connectivity index (χ4n) is 1.82. The van der Waals surface area contributed by atoms with Gasteiger partial charge in [0.1, 0.15) is 0 Å². The third-order valence-corrected chi connectivity index (χ3v) is 2.54. The highest BCUT2D eigenvalue weighted by molar-refractivity contribution is 5.77. The third kappa shape index (κ3) is 1.63. The number of carbonyl (C=O) groups is 1. The Bertz CT molecular complexity index is 310. The van der Waals surface area contributed by atoms with E-state index in [9.17, 15) is 4.79 Å². The summed E-state index contributed by atoms with van der Waals surface area (Å²) >= 11 is 0. The maximum Gasteiger partial charge on any atom is 0.223 e. The minimum Gasteiger partial charge on any atom is -0.373 e. The van der Waals surface area contributed by atoms with E-state index in [1.807, 2.05) is 0 Å². The zero-order valence-corrected chi connectivity index (χ0v) is 7.77. The van der Waals surface area contributed by atoms with Crippen LogP contribution in [0, 0.1) is 5.92 Å². The lowest BCUT2D eigenvalue weighted by atomic mass is 9.90. The molecule has 0 aromatic carbocycles. The average molecular weight is 195 g/mol. The van der Waals surface area contributed by atoms with Crippen LogP contribution in [0.4, 0.5) is 0 Å². The molecule has 2 heterocycles. The van der Waals surface area contributed by atoms with E-state index in [0.717, 1.165) is 18.4 Å². The summed E-state index contributed by atoms with van der Waals surface area (Å²) in [6.07, 6.45) is 4.88. The highest BCUT2D eigenvalue weighted by atomic mass is 16.5. The van der Waals surface area contributed by atoms with Crippen molar-refractivity contribution in [3.63, 3.8) is 0 Å². The van der Waals surface area contributed by atoms with Crippen molar-refractivity contribution in [3.8, 4) is 0 Å². The van der Waals surface area contributed by atoms with E-state index in [0.29, 0.717) is 6.61 Å². The molecule has 1 aliphatic rings. The number of hydrogen-bond donors (Lipinski definition) is 2. The molecule has 76 valence electrons. The number of nitrogens with two attached hydrogens (primary N) is 1. The Balaban J connectivity index is 2.18. The number of amides is 1. The first-order chi connectivity index (χ1) is 6.79. The Kier molecular flexibility index (Phi) is 2.49. The van der Waals surface area contributed by atoms with E-state index in [-0.39, 0.29) is 17.9 Å². The number of aromatic nitrogens is 2. The SMILES string of the molecule is NC(=O)[C@@H]1CCCO[C@H]1c1cn[nH]c1. The van der Waals surface area contributed by atoms with Crippen LogP contribution >= 0.6 is 0 Å². The van der Waals surface area contributed by atoms with Gasteiger partial charge in [0.2, 0.25) is 5.91 Å². The standard InChI is InChI=1S/C9H13N3O2/c10-9(13)7-2-1-3-14-8(7)6-4-11-12-5-6/h4-5,7-8H,1-3H2,(H2,10,13)(H,11,12)/t7-,8+/m1/s1. The molecule has 5 heteroatoms. The van der Waals surface area contributed by atoms with Crippen LogP contribution in [-0.2, 0) is 9.53 Å². The quantitative estimate of drug-likeness (QED) is 0.715. The molecule has 0 aliphatic carbocycles. The smallest absolute Gasteiger partial charge is 0.223 e. The lowest BCUT2D eigenvalue weighted by molar-refractivity contribution is -0.131. The number of aromatic amines is 1. The molecule has 14 heavy (non-hydrogen) atoms. The molecule has 1 aliphatic heterocycles. The number of H-pyrrole nitrogens is 1. The molecule has 1 aromatic rings. The van der Waals surface area contributed by atoms with Crippen LogP contribution in [0.2, 0.25) is 0 Å². The van der Waals surface area contributed by atoms with Crippen molar-refractivity contribution in [1.29, 1.82) is 0 Å². The molecule has 2 atom stereocenters. The maximum atomic E-state index is 11.2. The van der Waals surface area contributed by atoms with Gasteiger partial charge in [-0.3, -0.25) is 9.89 Å². The molecular weight excluding hydrogens is 182 g/mol. The molecule has 1 saturated heterocycles. The molecule has 2 rings (SSSR count). The van der Waals surface area contributed by atoms with Gasteiger partial charge in [0.25, 0.3) is 0 Å². The van der Waals surface area contributed by atoms with Crippen LogP contribution in [0.5, 0.6) is 0 Å². The summed E-state index contributed by atoms with van der Waals surface area (Å²) in [5, 5.41) is 6.54. The summed E-state index contributed by atoms with van der Waals surface area (Å²) in [6.45, 7) is 0.680. The van der Waals surface area contributed by atoms with Crippen LogP contribution in [0.25, 0.3) is 0 Å². The normalized spacial score (nSPS) is 27.4. The lowest BCUT2D eigenvalue weighted by Crippen LogP contribution is -2.33. The highest BCUT2D eigenvalue weighted by Gasteiger charge is 2.31. The van der Waals surface area contributed by atoms with Gasteiger partial charge in [-0.25, -0.2) is 0 Å². The van der Waals surface area contributed by atoms with Gasteiger partial charge >= 0.3 is 0 Å². The fraction of sp³-hybridized carbons (Fsp3) is 0.556. The van der Waals surface area contributed by atoms with Gasteiger partial charge < -0.3 is 10.5 Å². The van der Waals surface area contributed by atoms with Crippen molar-refractivity contribution in [2.45, 2.75) is 18.9 Å². The number of nitrogens with one attached hydrogen (secondary N) is 1. The minimum atomic E-state index is -0.295. The fourth-order valence-corrected chi connectivity index (χ4v) is 1.82. The van der Waals surface area contributed by atoms with Crippen LogP contribution in [-0.4, -0.2) is 22.7 Å². The largest absolute Gasteiger partial charge is 0.373 e. The second-order valence-electron chi connectivity index (χ2n) is 3.47. The van der Waals surface area contributed by atoms with Crippen molar-refractivity contribution in [1.82, 2.24) is 10.2 Å². The monoisotopic (exact) mass is 195 g/mol. The first-order valence-electron chi connectivity index (χ1n) is 4.68. The molecular formula is C9H13N3O2. The van der Waals surface area contributed by atoms with E-state index in [1.54, 1.807) is 12.4 Å². The maximum absolute atomic E-state index is 11.2. The highest BCUT2D eigenvalue weighted by Crippen LogP contribution is 2.32. The van der Waals surface area contributed by atoms with Gasteiger partial charge in [-0.15, -0.1) is 0 Å². The molecule has 1 fully saturated rings. The summed E-state index contributed by atoms with van der Waals surface area (Å²) in [5.41, 5.74) is 6.21. The summed E-state index contributed by atoms with van der Waals surface area (Å²) in [5.74, 6) is -0.516. The summed E-state index contributed by atoms with van der Waals surface area (Å²) in [6, 6.07) is 0. The number of ether oxygens (including phenoxy) is 1. The van der Waals surface area contributed by atoms with E-state index in [4.69, 9.17) is 10.5 Å². The molecule has 0 radical (unpaired) electrons. The van der Waals surface area contributed by atoms with Crippen molar-refractivity contribution in [2.24, 2.45) is 11.7 Å². The zero-order chi connectivity index (χ0) is 9.97. The predicted molar refractivity (Wildman–Crippen MR) is 49.2 cm³/mol. The second-order valence-corrected chi connectivity index (χ2v) is 3.47. The van der Waals surface area contributed by atoms with E-state index in [2.05, 4.69) is 10.2 Å². The minimum absolute atomic E-state index is 0.221. The summed E-state index contributed by atoms with van der Waals surface area (Å²) in [4.78, 5) is 11.2. The van der Waals surface area contributed by atoms with Crippen molar-refractivity contribution < 1.29 is 9.53 Å². The van der Waals surface area contributed by atoms with Crippen LogP contribution in [0.15, 0.2) is 12.4 Å². The average Bonchev–Trinajstić information content (AvgIpc) is 2.70. The van der Waals surface area contributed by atoms with E-state index in [1.165, 1.54) is 0 Å². The Morgan fingerprint density at radius 3 is 3.21 bits per heavy atom. The van der Waals surface area contributed by atoms with Gasteiger partial charge in [0, 0.05) is 18.4 Å². The molecule has 0 spiro atoms. The zero-order valence-electron chi connectivity index (χ0n) is 7.77. The topological polar surface area (TPSA) is 81.0 Å². The van der Waals surface area contributed by atoms with Crippen molar-refractivity contribution in [2.75, 3.05) is 6.61 Å². The van der Waals surface area contributed by atoms with E-state index < -0.39 is 0 Å². The summed E-state index contributed by atoms with van der Waals surface area (Å²) in [7, 11) is 0. The third-order valence-electron chi connectivity index (χ3n) is 2.54. The first kappa shape index (κ1) is 9.21. The van der Waals surface area contributed by atoms with Crippen LogP contribution in [0.3, 0.4) is 0 Å². The molecule has 5 nitrogen and oxygen atoms in total. The van der Waals surface area contributed by atoms with Crippen molar-refractivity contribution in [3.05, 3.63) is 18.0 Å². The Morgan fingerprint density at radius 1 is 1.71 bits per heavy atom. The number of carbonyl (C=O) groups excluding carboxylic acids is 1. The Morgan fingerprint density at radius 2 is 2.57 bits per heavy atom. The lowest BCUT2D eigenvalue weighted by Gasteiger charge is -2.28. The Hall–Kier alpha value is -1.36. The number of primary amides is 1. The second kappa shape index (κ2) is 3.79. The molecule has 0 bridgehead atoms. The van der Waals surface area contributed by atoms with Crippen molar-refractivity contribution >= 4 is 5.91 Å². The number of nitrogens with zero attached hydrogens (tertiary/aromatic N) is 1. The molecule has 3 N–H and O–H groups in total. The number of rotatable bonds is 2. The predicted octanol–water partition coefficient (Wildman–Crippen LogP) is 0.363. The van der Waals surface area contributed by atoms with Crippen LogP contribution < -0.4 is 5.73 Å². The van der Waals surface area contributed by atoms with Gasteiger partial charge in [-0.2, -0.15) is 5.10 Å². The molecule has 0 saturated carbocycles. The van der Waals surface area contributed by atoms with Gasteiger partial charge in [-0.1, -0.05) is 0 Å².